The van der Waals surface area contributed by atoms with Gasteiger partial charge in [-0.15, -0.1) is 12.4 Å². The van der Waals surface area contributed by atoms with E-state index in [1.807, 2.05) is 56.3 Å². The molecule has 0 heterocycles. The number of benzene rings is 2. The van der Waals surface area contributed by atoms with E-state index < -0.39 is 0 Å². The zero-order chi connectivity index (χ0) is 19.8. The summed E-state index contributed by atoms with van der Waals surface area (Å²) in [7, 11) is 0. The predicted octanol–water partition coefficient (Wildman–Crippen LogP) is 4.96. The van der Waals surface area contributed by atoms with Crippen molar-refractivity contribution in [3.8, 4) is 5.75 Å². The number of aryl methyl sites for hydroxylation is 1. The highest BCUT2D eigenvalue weighted by Gasteiger charge is 2.21. The summed E-state index contributed by atoms with van der Waals surface area (Å²) in [5, 5.41) is 3.72. The van der Waals surface area contributed by atoms with Crippen LogP contribution in [0, 0.1) is 13.8 Å². The fourth-order valence-electron chi connectivity index (χ4n) is 3.13. The highest BCUT2D eigenvalue weighted by molar-refractivity contribution is 6.31. The molecule has 2 aromatic carbocycles. The Kier molecular flexibility index (Phi) is 10.4. The van der Waals surface area contributed by atoms with Gasteiger partial charge in [0.05, 0.1) is 6.04 Å². The molecule has 28 heavy (non-hydrogen) atoms. The number of likely N-dealkylation sites (N-methyl/N-ethyl adjacent to an activating group) is 1. The van der Waals surface area contributed by atoms with E-state index >= 15 is 0 Å². The van der Waals surface area contributed by atoms with Crippen molar-refractivity contribution in [2.75, 3.05) is 26.2 Å². The molecule has 0 aliphatic heterocycles. The highest BCUT2D eigenvalue weighted by Crippen LogP contribution is 2.27. The maximum absolute atomic E-state index is 12.3. The van der Waals surface area contributed by atoms with Crippen molar-refractivity contribution in [3.63, 3.8) is 0 Å². The van der Waals surface area contributed by atoms with Gasteiger partial charge in [-0.2, -0.15) is 0 Å². The summed E-state index contributed by atoms with van der Waals surface area (Å²) in [5.74, 6) is 0.608. The van der Waals surface area contributed by atoms with Crippen LogP contribution in [-0.2, 0) is 4.79 Å². The SMILES string of the molecule is CCN(CC)C(CNC(=O)COc1cccc(C)c1C)c1ccccc1Cl.Cl. The zero-order valence-corrected chi connectivity index (χ0v) is 18.6. The largest absolute Gasteiger partial charge is 0.483 e. The summed E-state index contributed by atoms with van der Waals surface area (Å²) in [4.78, 5) is 14.6. The number of hydrogen-bond acceptors (Lipinski definition) is 3. The second kappa shape index (κ2) is 11.9. The lowest BCUT2D eigenvalue weighted by molar-refractivity contribution is -0.123. The first-order valence-corrected chi connectivity index (χ1v) is 9.79. The van der Waals surface area contributed by atoms with Crippen LogP contribution in [0.1, 0.15) is 36.6 Å². The highest BCUT2D eigenvalue weighted by atomic mass is 35.5. The monoisotopic (exact) mass is 424 g/mol. The summed E-state index contributed by atoms with van der Waals surface area (Å²) < 4.78 is 5.70. The molecule has 0 bridgehead atoms. The van der Waals surface area contributed by atoms with E-state index in [4.69, 9.17) is 16.3 Å². The Morgan fingerprint density at radius 3 is 2.43 bits per heavy atom. The van der Waals surface area contributed by atoms with Gasteiger partial charge in [0.25, 0.3) is 5.91 Å². The molecular weight excluding hydrogens is 395 g/mol. The average molecular weight is 425 g/mol. The Labute approximate surface area is 179 Å². The Morgan fingerprint density at radius 2 is 1.79 bits per heavy atom. The number of amides is 1. The minimum atomic E-state index is -0.139. The molecule has 2 rings (SSSR count). The van der Waals surface area contributed by atoms with Crippen LogP contribution in [0.4, 0.5) is 0 Å². The van der Waals surface area contributed by atoms with E-state index in [0.29, 0.717) is 6.54 Å². The molecule has 154 valence electrons. The Balaban J connectivity index is 0.00000392. The van der Waals surface area contributed by atoms with Gasteiger partial charge in [0.2, 0.25) is 0 Å². The van der Waals surface area contributed by atoms with E-state index in [1.54, 1.807) is 0 Å². The van der Waals surface area contributed by atoms with Crippen LogP contribution < -0.4 is 10.1 Å². The van der Waals surface area contributed by atoms with E-state index in [2.05, 4.69) is 24.1 Å². The number of carbonyl (C=O) groups excluding carboxylic acids is 1. The third-order valence-corrected chi connectivity index (χ3v) is 5.27. The molecule has 1 amide bonds. The first-order valence-electron chi connectivity index (χ1n) is 9.42. The molecule has 0 radical (unpaired) electrons. The van der Waals surface area contributed by atoms with Gasteiger partial charge < -0.3 is 10.1 Å². The summed E-state index contributed by atoms with van der Waals surface area (Å²) in [6.07, 6.45) is 0. The second-order valence-corrected chi connectivity index (χ2v) is 6.96. The molecule has 0 fully saturated rings. The van der Waals surface area contributed by atoms with Crippen LogP contribution in [0.3, 0.4) is 0 Å². The third-order valence-electron chi connectivity index (χ3n) is 4.92. The topological polar surface area (TPSA) is 41.6 Å². The fourth-order valence-corrected chi connectivity index (χ4v) is 3.39. The number of halogens is 2. The normalized spacial score (nSPS) is 11.6. The summed E-state index contributed by atoms with van der Waals surface area (Å²) in [5.41, 5.74) is 3.23. The molecule has 6 heteroatoms. The van der Waals surface area contributed by atoms with Gasteiger partial charge in [-0.1, -0.05) is 55.8 Å². The number of nitrogens with one attached hydrogen (secondary N) is 1. The van der Waals surface area contributed by atoms with Crippen LogP contribution in [0.25, 0.3) is 0 Å². The van der Waals surface area contributed by atoms with Gasteiger partial charge >= 0.3 is 0 Å². The standard InChI is InChI=1S/C22H29ClN2O2.ClH/c1-5-25(6-2)20(18-11-7-8-12-19(18)23)14-24-22(26)15-27-21-13-9-10-16(3)17(21)4;/h7-13,20H,5-6,14-15H2,1-4H3,(H,24,26);1H. The Hall–Kier alpha value is -1.75. The molecule has 0 saturated carbocycles. The zero-order valence-electron chi connectivity index (χ0n) is 17.0. The van der Waals surface area contributed by atoms with Gasteiger partial charge in [0.15, 0.2) is 6.61 Å². The van der Waals surface area contributed by atoms with Crippen LogP contribution in [0.15, 0.2) is 42.5 Å². The lowest BCUT2D eigenvalue weighted by Gasteiger charge is -2.30. The third kappa shape index (κ3) is 6.40. The van der Waals surface area contributed by atoms with Crippen molar-refractivity contribution < 1.29 is 9.53 Å². The van der Waals surface area contributed by atoms with Gasteiger partial charge in [-0.3, -0.25) is 9.69 Å². The second-order valence-electron chi connectivity index (χ2n) is 6.55. The molecule has 0 spiro atoms. The van der Waals surface area contributed by atoms with Crippen LogP contribution in [0.2, 0.25) is 5.02 Å². The van der Waals surface area contributed by atoms with Crippen LogP contribution in [-0.4, -0.2) is 37.0 Å². The predicted molar refractivity (Wildman–Crippen MR) is 119 cm³/mol. The molecule has 2 aromatic rings. The van der Waals surface area contributed by atoms with Crippen molar-refractivity contribution in [1.82, 2.24) is 10.2 Å². The summed E-state index contributed by atoms with van der Waals surface area (Å²) >= 11 is 6.40. The molecule has 0 aromatic heterocycles. The number of nitrogens with zero attached hydrogens (tertiary/aromatic N) is 1. The smallest absolute Gasteiger partial charge is 0.258 e. The Bertz CT molecular complexity index is 764. The molecular formula is C22H30Cl2N2O2. The quantitative estimate of drug-likeness (QED) is 0.618. The van der Waals surface area contributed by atoms with E-state index in [0.717, 1.165) is 40.6 Å². The lowest BCUT2D eigenvalue weighted by Crippen LogP contribution is -2.39. The van der Waals surface area contributed by atoms with Crippen molar-refractivity contribution in [2.24, 2.45) is 0 Å². The van der Waals surface area contributed by atoms with Gasteiger partial charge in [-0.05, 0) is 55.8 Å². The van der Waals surface area contributed by atoms with Gasteiger partial charge in [-0.25, -0.2) is 0 Å². The number of ether oxygens (including phenoxy) is 1. The number of hydrogen-bond donors (Lipinski definition) is 1. The molecule has 1 atom stereocenters. The molecule has 4 nitrogen and oxygen atoms in total. The first kappa shape index (κ1) is 24.3. The van der Waals surface area contributed by atoms with Crippen molar-refractivity contribution in [1.29, 1.82) is 0 Å². The fraction of sp³-hybridized carbons (Fsp3) is 0.409. The Morgan fingerprint density at radius 1 is 1.11 bits per heavy atom. The van der Waals surface area contributed by atoms with Gasteiger partial charge in [0, 0.05) is 11.6 Å². The number of rotatable bonds is 9. The van der Waals surface area contributed by atoms with Crippen molar-refractivity contribution in [2.45, 2.75) is 33.7 Å². The minimum Gasteiger partial charge on any atom is -0.483 e. The molecule has 0 aliphatic rings. The first-order chi connectivity index (χ1) is 13.0. The van der Waals surface area contributed by atoms with Crippen molar-refractivity contribution >= 4 is 29.9 Å². The number of carbonyl (C=O) groups is 1. The van der Waals surface area contributed by atoms with E-state index in [1.165, 1.54) is 0 Å². The lowest BCUT2D eigenvalue weighted by atomic mass is 10.0. The molecule has 1 unspecified atom stereocenters. The van der Waals surface area contributed by atoms with Crippen LogP contribution >= 0.6 is 24.0 Å². The van der Waals surface area contributed by atoms with E-state index in [9.17, 15) is 4.79 Å². The molecule has 0 aliphatic carbocycles. The maximum atomic E-state index is 12.3. The van der Waals surface area contributed by atoms with Gasteiger partial charge in [0.1, 0.15) is 5.75 Å². The summed E-state index contributed by atoms with van der Waals surface area (Å²) in [6.45, 7) is 10.5. The minimum absolute atomic E-state index is 0. The summed E-state index contributed by atoms with van der Waals surface area (Å²) in [6, 6.07) is 13.7. The molecule has 0 saturated heterocycles. The maximum Gasteiger partial charge on any atom is 0.258 e. The molecule has 1 N–H and O–H groups in total. The van der Waals surface area contributed by atoms with Crippen molar-refractivity contribution in [3.05, 3.63) is 64.2 Å². The van der Waals surface area contributed by atoms with Crippen LogP contribution in [0.5, 0.6) is 5.75 Å². The average Bonchev–Trinajstić information content (AvgIpc) is 2.67. The van der Waals surface area contributed by atoms with E-state index in [-0.39, 0.29) is 31.0 Å².